The van der Waals surface area contributed by atoms with Crippen molar-refractivity contribution < 1.29 is 19.4 Å². The van der Waals surface area contributed by atoms with Crippen molar-refractivity contribution in [2.75, 3.05) is 19.0 Å². The van der Waals surface area contributed by atoms with Crippen LogP contribution < -0.4 is 10.6 Å². The Morgan fingerprint density at radius 2 is 2.14 bits per heavy atom. The Morgan fingerprint density at radius 1 is 1.43 bits per heavy atom. The van der Waals surface area contributed by atoms with Gasteiger partial charge in [-0.3, -0.25) is 0 Å². The third-order valence-electron chi connectivity index (χ3n) is 2.79. The van der Waals surface area contributed by atoms with Gasteiger partial charge in [0.05, 0.1) is 23.2 Å². The molecule has 0 fully saturated rings. The number of benzene rings is 1. The van der Waals surface area contributed by atoms with Crippen molar-refractivity contribution in [2.45, 2.75) is 25.8 Å². The van der Waals surface area contributed by atoms with Gasteiger partial charge in [0.1, 0.15) is 0 Å². The monoisotopic (exact) mass is 314 g/mol. The predicted molar refractivity (Wildman–Crippen MR) is 81.1 cm³/mol. The van der Waals surface area contributed by atoms with Gasteiger partial charge in [-0.25, -0.2) is 9.59 Å². The normalized spacial score (nSPS) is 11.8. The van der Waals surface area contributed by atoms with Crippen molar-refractivity contribution in [3.63, 3.8) is 0 Å². The van der Waals surface area contributed by atoms with Crippen molar-refractivity contribution in [1.82, 2.24) is 5.32 Å². The fraction of sp³-hybridized carbons (Fsp3) is 0.429. The molecule has 0 radical (unpaired) electrons. The molecule has 21 heavy (non-hydrogen) atoms. The molecule has 116 valence electrons. The van der Waals surface area contributed by atoms with Crippen molar-refractivity contribution in [2.24, 2.45) is 0 Å². The van der Waals surface area contributed by atoms with Gasteiger partial charge in [-0.2, -0.15) is 0 Å². The summed E-state index contributed by atoms with van der Waals surface area (Å²) in [6, 6.07) is 3.78. The average molecular weight is 315 g/mol. The largest absolute Gasteiger partial charge is 0.478 e. The molecular formula is C14H19ClN2O4. The molecule has 0 heterocycles. The lowest BCUT2D eigenvalue weighted by Gasteiger charge is -2.17. The van der Waals surface area contributed by atoms with Gasteiger partial charge in [0.25, 0.3) is 0 Å². The van der Waals surface area contributed by atoms with Gasteiger partial charge in [-0.05, 0) is 24.6 Å². The maximum absolute atomic E-state index is 11.9. The summed E-state index contributed by atoms with van der Waals surface area (Å²) in [7, 11) is 1.57. The van der Waals surface area contributed by atoms with Crippen LogP contribution in [-0.4, -0.2) is 36.9 Å². The van der Waals surface area contributed by atoms with E-state index in [9.17, 15) is 9.59 Å². The Hall–Kier alpha value is -1.79. The maximum Gasteiger partial charge on any atom is 0.337 e. The quantitative estimate of drug-likeness (QED) is 0.722. The van der Waals surface area contributed by atoms with Crippen LogP contribution in [0.1, 0.15) is 30.1 Å². The highest BCUT2D eigenvalue weighted by Crippen LogP contribution is 2.20. The summed E-state index contributed by atoms with van der Waals surface area (Å²) in [5.74, 6) is -1.15. The number of carbonyl (C=O) groups excluding carboxylic acids is 1. The lowest BCUT2D eigenvalue weighted by atomic mass is 10.2. The molecule has 0 saturated heterocycles. The minimum atomic E-state index is -1.15. The fourth-order valence-corrected chi connectivity index (χ4v) is 2.06. The van der Waals surface area contributed by atoms with Crippen LogP contribution in [0.2, 0.25) is 5.02 Å². The number of hydrogen-bond acceptors (Lipinski definition) is 3. The van der Waals surface area contributed by atoms with Crippen molar-refractivity contribution in [3.8, 4) is 0 Å². The summed E-state index contributed by atoms with van der Waals surface area (Å²) in [6.07, 6.45) is 1.71. The third-order valence-corrected chi connectivity index (χ3v) is 3.12. The van der Waals surface area contributed by atoms with Crippen LogP contribution in [0.25, 0.3) is 0 Å². The SMILES string of the molecule is CCCC(COC)NC(=O)Nc1ccc(Cl)c(C(=O)O)c1. The number of urea groups is 1. The van der Waals surface area contributed by atoms with Gasteiger partial charge in [0.15, 0.2) is 0 Å². The molecule has 0 bridgehead atoms. The van der Waals surface area contributed by atoms with Gasteiger partial charge in [0, 0.05) is 12.8 Å². The van der Waals surface area contributed by atoms with E-state index in [2.05, 4.69) is 10.6 Å². The molecule has 1 atom stereocenters. The second-order valence-corrected chi connectivity index (χ2v) is 4.95. The van der Waals surface area contributed by atoms with Gasteiger partial charge >= 0.3 is 12.0 Å². The average Bonchev–Trinajstić information content (AvgIpc) is 2.41. The number of methoxy groups -OCH3 is 1. The molecule has 1 rings (SSSR count). The summed E-state index contributed by atoms with van der Waals surface area (Å²) >= 11 is 5.77. The highest BCUT2D eigenvalue weighted by atomic mass is 35.5. The molecule has 1 unspecified atom stereocenters. The van der Waals surface area contributed by atoms with Crippen LogP contribution in [0.3, 0.4) is 0 Å². The molecule has 0 aliphatic carbocycles. The number of rotatable bonds is 7. The van der Waals surface area contributed by atoms with Crippen LogP contribution in [-0.2, 0) is 4.74 Å². The third kappa shape index (κ3) is 5.61. The molecule has 1 aromatic rings. The molecular weight excluding hydrogens is 296 g/mol. The first kappa shape index (κ1) is 17.3. The molecule has 0 aliphatic heterocycles. The number of ether oxygens (including phenoxy) is 1. The minimum absolute atomic E-state index is 0.0588. The molecule has 1 aromatic carbocycles. The summed E-state index contributed by atoms with van der Waals surface area (Å²) < 4.78 is 5.04. The lowest BCUT2D eigenvalue weighted by Crippen LogP contribution is -2.40. The Bertz CT molecular complexity index is 502. The predicted octanol–water partition coefficient (Wildman–Crippen LogP) is 2.97. The lowest BCUT2D eigenvalue weighted by molar-refractivity contribution is 0.0697. The van der Waals surface area contributed by atoms with E-state index in [0.717, 1.165) is 12.8 Å². The topological polar surface area (TPSA) is 87.7 Å². The van der Waals surface area contributed by atoms with E-state index >= 15 is 0 Å². The minimum Gasteiger partial charge on any atom is -0.478 e. The number of carboxylic acid groups (broad SMARTS) is 1. The highest BCUT2D eigenvalue weighted by molar-refractivity contribution is 6.33. The number of hydrogen-bond donors (Lipinski definition) is 3. The van der Waals surface area contributed by atoms with Crippen molar-refractivity contribution in [3.05, 3.63) is 28.8 Å². The molecule has 0 aliphatic rings. The zero-order valence-corrected chi connectivity index (χ0v) is 12.7. The standard InChI is InChI=1S/C14H19ClN2O4/c1-3-4-10(8-21-2)17-14(20)16-9-5-6-12(15)11(7-9)13(18)19/h5-7,10H,3-4,8H2,1-2H3,(H,18,19)(H2,16,17,20). The maximum atomic E-state index is 11.9. The fourth-order valence-electron chi connectivity index (χ4n) is 1.87. The first-order valence-electron chi connectivity index (χ1n) is 6.57. The van der Waals surface area contributed by atoms with Crippen LogP contribution in [0.5, 0.6) is 0 Å². The molecule has 2 amide bonds. The Balaban J connectivity index is 2.69. The highest BCUT2D eigenvalue weighted by Gasteiger charge is 2.13. The van der Waals surface area contributed by atoms with E-state index in [1.807, 2.05) is 6.92 Å². The van der Waals surface area contributed by atoms with E-state index in [1.54, 1.807) is 13.2 Å². The molecule has 6 nitrogen and oxygen atoms in total. The smallest absolute Gasteiger partial charge is 0.337 e. The number of nitrogens with one attached hydrogen (secondary N) is 2. The zero-order chi connectivity index (χ0) is 15.8. The van der Waals surface area contributed by atoms with Crippen LogP contribution in [0.15, 0.2) is 18.2 Å². The molecule has 0 spiro atoms. The number of aromatic carboxylic acids is 1. The zero-order valence-electron chi connectivity index (χ0n) is 12.0. The van der Waals surface area contributed by atoms with Crippen LogP contribution >= 0.6 is 11.6 Å². The first-order valence-corrected chi connectivity index (χ1v) is 6.95. The van der Waals surface area contributed by atoms with Crippen molar-refractivity contribution in [1.29, 1.82) is 0 Å². The first-order chi connectivity index (χ1) is 9.97. The van der Waals surface area contributed by atoms with Gasteiger partial charge in [0.2, 0.25) is 0 Å². The van der Waals surface area contributed by atoms with E-state index in [4.69, 9.17) is 21.4 Å². The second-order valence-electron chi connectivity index (χ2n) is 4.54. The van der Waals surface area contributed by atoms with Crippen LogP contribution in [0.4, 0.5) is 10.5 Å². The van der Waals surface area contributed by atoms with E-state index in [-0.39, 0.29) is 16.6 Å². The van der Waals surface area contributed by atoms with E-state index < -0.39 is 12.0 Å². The summed E-state index contributed by atoms with van der Waals surface area (Å²) in [5, 5.41) is 14.5. The Labute approximate surface area is 128 Å². The van der Waals surface area contributed by atoms with Gasteiger partial charge in [-0.15, -0.1) is 0 Å². The van der Waals surface area contributed by atoms with E-state index in [1.165, 1.54) is 12.1 Å². The Morgan fingerprint density at radius 3 is 2.71 bits per heavy atom. The van der Waals surface area contributed by atoms with Gasteiger partial charge < -0.3 is 20.5 Å². The summed E-state index contributed by atoms with van der Waals surface area (Å²) in [4.78, 5) is 22.9. The van der Waals surface area contributed by atoms with Crippen LogP contribution in [0, 0.1) is 0 Å². The number of carboxylic acids is 1. The molecule has 7 heteroatoms. The van der Waals surface area contributed by atoms with E-state index in [0.29, 0.717) is 12.3 Å². The second kappa shape index (κ2) is 8.49. The van der Waals surface area contributed by atoms with Gasteiger partial charge in [-0.1, -0.05) is 24.9 Å². The number of carbonyl (C=O) groups is 2. The molecule has 0 saturated carbocycles. The summed E-state index contributed by atoms with van der Waals surface area (Å²) in [6.45, 7) is 2.43. The Kier molecular flexibility index (Phi) is 6.98. The summed E-state index contributed by atoms with van der Waals surface area (Å²) in [5.41, 5.74) is 0.304. The number of halogens is 1. The molecule has 3 N–H and O–H groups in total. The van der Waals surface area contributed by atoms with Crippen molar-refractivity contribution >= 4 is 29.3 Å². The number of amides is 2. The molecule has 0 aromatic heterocycles. The number of anilines is 1.